The fourth-order valence-corrected chi connectivity index (χ4v) is 2.57. The maximum atomic E-state index is 12.3. The van der Waals surface area contributed by atoms with Gasteiger partial charge in [0.2, 0.25) is 5.95 Å². The van der Waals surface area contributed by atoms with Crippen molar-refractivity contribution < 1.29 is 9.53 Å². The van der Waals surface area contributed by atoms with E-state index in [1.165, 1.54) is 12.4 Å². The number of amides is 1. The highest BCUT2D eigenvalue weighted by molar-refractivity contribution is 6.32. The van der Waals surface area contributed by atoms with Gasteiger partial charge < -0.3 is 15.4 Å². The van der Waals surface area contributed by atoms with Crippen LogP contribution >= 0.6 is 11.6 Å². The third-order valence-corrected chi connectivity index (χ3v) is 3.89. The molecule has 0 fully saturated rings. The summed E-state index contributed by atoms with van der Waals surface area (Å²) in [5.41, 5.74) is 2.87. The lowest BCUT2D eigenvalue weighted by atomic mass is 10.2. The molecule has 7 heteroatoms. The fraction of sp³-hybridized carbons (Fsp3) is 0.105. The Labute approximate surface area is 156 Å². The molecule has 1 heterocycles. The molecule has 3 aromatic rings. The minimum atomic E-state index is -0.269. The van der Waals surface area contributed by atoms with Crippen LogP contribution in [0, 0.1) is 6.92 Å². The standard InChI is InChI=1S/C19H17ClN4O2/c1-12-4-3-5-14(8-12)23-18(25)13-10-21-19(22-11-13)24-15-6-7-17(26-2)16(20)9-15/h3-11H,1-2H3,(H,23,25)(H,21,22,24). The second-order valence-electron chi connectivity index (χ2n) is 5.59. The van der Waals surface area contributed by atoms with Crippen molar-refractivity contribution in [1.82, 2.24) is 9.97 Å². The van der Waals surface area contributed by atoms with Crippen LogP contribution in [0.2, 0.25) is 5.02 Å². The molecule has 0 spiro atoms. The largest absolute Gasteiger partial charge is 0.495 e. The van der Waals surface area contributed by atoms with Gasteiger partial charge in [-0.05, 0) is 42.8 Å². The molecule has 2 aromatic carbocycles. The molecule has 1 aromatic heterocycles. The van der Waals surface area contributed by atoms with Gasteiger partial charge in [0, 0.05) is 23.8 Å². The lowest BCUT2D eigenvalue weighted by Gasteiger charge is -2.09. The first-order valence-corrected chi connectivity index (χ1v) is 8.23. The SMILES string of the molecule is COc1ccc(Nc2ncc(C(=O)Nc3cccc(C)c3)cn2)cc1Cl. The average Bonchev–Trinajstić information content (AvgIpc) is 2.62. The first kappa shape index (κ1) is 17.7. The van der Waals surface area contributed by atoms with E-state index in [4.69, 9.17) is 16.3 Å². The molecular formula is C19H17ClN4O2. The highest BCUT2D eigenvalue weighted by Crippen LogP contribution is 2.28. The molecule has 0 aliphatic carbocycles. The van der Waals surface area contributed by atoms with Crippen molar-refractivity contribution in [2.24, 2.45) is 0 Å². The van der Waals surface area contributed by atoms with E-state index < -0.39 is 0 Å². The smallest absolute Gasteiger partial charge is 0.258 e. The zero-order valence-corrected chi connectivity index (χ0v) is 15.0. The summed E-state index contributed by atoms with van der Waals surface area (Å²) in [4.78, 5) is 20.6. The van der Waals surface area contributed by atoms with Crippen LogP contribution in [0.1, 0.15) is 15.9 Å². The number of carbonyl (C=O) groups excluding carboxylic acids is 1. The molecular weight excluding hydrogens is 352 g/mol. The Morgan fingerprint density at radius 2 is 1.85 bits per heavy atom. The number of carbonyl (C=O) groups is 1. The van der Waals surface area contributed by atoms with Crippen LogP contribution in [0.5, 0.6) is 5.75 Å². The van der Waals surface area contributed by atoms with Crippen molar-refractivity contribution >= 4 is 34.8 Å². The number of halogens is 1. The Hall–Kier alpha value is -3.12. The van der Waals surface area contributed by atoms with Crippen molar-refractivity contribution in [1.29, 1.82) is 0 Å². The molecule has 0 saturated carbocycles. The summed E-state index contributed by atoms with van der Waals surface area (Å²) in [6.45, 7) is 1.96. The van der Waals surface area contributed by atoms with E-state index in [2.05, 4.69) is 20.6 Å². The summed E-state index contributed by atoms with van der Waals surface area (Å²) in [5.74, 6) is 0.675. The molecule has 3 rings (SSSR count). The molecule has 2 N–H and O–H groups in total. The van der Waals surface area contributed by atoms with Crippen LogP contribution in [-0.4, -0.2) is 23.0 Å². The maximum absolute atomic E-state index is 12.3. The quantitative estimate of drug-likeness (QED) is 0.696. The molecule has 0 aliphatic heterocycles. The van der Waals surface area contributed by atoms with E-state index in [1.54, 1.807) is 25.3 Å². The lowest BCUT2D eigenvalue weighted by Crippen LogP contribution is -2.13. The zero-order chi connectivity index (χ0) is 18.5. The van der Waals surface area contributed by atoms with Gasteiger partial charge in [-0.25, -0.2) is 9.97 Å². The third kappa shape index (κ3) is 4.29. The number of anilines is 3. The molecule has 0 unspecified atom stereocenters. The Morgan fingerprint density at radius 3 is 2.50 bits per heavy atom. The Balaban J connectivity index is 1.68. The number of benzene rings is 2. The Kier molecular flexibility index (Phi) is 5.34. The molecule has 0 saturated heterocycles. The van der Waals surface area contributed by atoms with E-state index in [-0.39, 0.29) is 5.91 Å². The molecule has 0 radical (unpaired) electrons. The van der Waals surface area contributed by atoms with Crippen LogP contribution in [0.4, 0.5) is 17.3 Å². The first-order chi connectivity index (χ1) is 12.5. The summed E-state index contributed by atoms with van der Waals surface area (Å²) in [6, 6.07) is 12.8. The first-order valence-electron chi connectivity index (χ1n) is 7.86. The van der Waals surface area contributed by atoms with Gasteiger partial charge in [0.25, 0.3) is 5.91 Å². The summed E-state index contributed by atoms with van der Waals surface area (Å²) in [5, 5.41) is 6.32. The number of hydrogen-bond donors (Lipinski definition) is 2. The number of aryl methyl sites for hydroxylation is 1. The number of nitrogens with one attached hydrogen (secondary N) is 2. The lowest BCUT2D eigenvalue weighted by molar-refractivity contribution is 0.102. The highest BCUT2D eigenvalue weighted by atomic mass is 35.5. The number of nitrogens with zero attached hydrogens (tertiary/aromatic N) is 2. The number of hydrogen-bond acceptors (Lipinski definition) is 5. The van der Waals surface area contributed by atoms with E-state index >= 15 is 0 Å². The van der Waals surface area contributed by atoms with E-state index in [0.29, 0.717) is 28.0 Å². The highest BCUT2D eigenvalue weighted by Gasteiger charge is 2.09. The van der Waals surface area contributed by atoms with E-state index in [1.807, 2.05) is 31.2 Å². The third-order valence-electron chi connectivity index (χ3n) is 3.60. The molecule has 0 atom stereocenters. The van der Waals surface area contributed by atoms with Crippen molar-refractivity contribution in [2.45, 2.75) is 6.92 Å². The Morgan fingerprint density at radius 1 is 1.08 bits per heavy atom. The van der Waals surface area contributed by atoms with Crippen LogP contribution in [0.15, 0.2) is 54.9 Å². The van der Waals surface area contributed by atoms with Gasteiger partial charge in [-0.1, -0.05) is 23.7 Å². The summed E-state index contributed by atoms with van der Waals surface area (Å²) in [7, 11) is 1.55. The molecule has 132 valence electrons. The Bertz CT molecular complexity index is 929. The van der Waals surface area contributed by atoms with Gasteiger partial charge in [0.15, 0.2) is 0 Å². The number of rotatable bonds is 5. The van der Waals surface area contributed by atoms with Gasteiger partial charge in [-0.3, -0.25) is 4.79 Å². The number of aromatic nitrogens is 2. The van der Waals surface area contributed by atoms with Crippen LogP contribution in [0.3, 0.4) is 0 Å². The van der Waals surface area contributed by atoms with Gasteiger partial charge in [-0.15, -0.1) is 0 Å². The maximum Gasteiger partial charge on any atom is 0.258 e. The van der Waals surface area contributed by atoms with Crippen LogP contribution < -0.4 is 15.4 Å². The minimum Gasteiger partial charge on any atom is -0.495 e. The fourth-order valence-electron chi connectivity index (χ4n) is 2.31. The van der Waals surface area contributed by atoms with Crippen molar-refractivity contribution in [3.63, 3.8) is 0 Å². The minimum absolute atomic E-state index is 0.269. The zero-order valence-electron chi connectivity index (χ0n) is 14.3. The number of ether oxygens (including phenoxy) is 1. The van der Waals surface area contributed by atoms with E-state index in [0.717, 1.165) is 11.3 Å². The molecule has 1 amide bonds. The molecule has 26 heavy (non-hydrogen) atoms. The second kappa shape index (κ2) is 7.84. The summed E-state index contributed by atoms with van der Waals surface area (Å²) < 4.78 is 5.11. The predicted molar refractivity (Wildman–Crippen MR) is 102 cm³/mol. The monoisotopic (exact) mass is 368 g/mol. The number of methoxy groups -OCH3 is 1. The predicted octanol–water partition coefficient (Wildman–Crippen LogP) is 4.44. The van der Waals surface area contributed by atoms with Crippen molar-refractivity contribution in [3.8, 4) is 5.75 Å². The average molecular weight is 369 g/mol. The normalized spacial score (nSPS) is 10.3. The van der Waals surface area contributed by atoms with Gasteiger partial charge in [-0.2, -0.15) is 0 Å². The van der Waals surface area contributed by atoms with Gasteiger partial charge in [0.1, 0.15) is 5.75 Å². The van der Waals surface area contributed by atoms with E-state index in [9.17, 15) is 4.79 Å². The molecule has 0 bridgehead atoms. The summed E-state index contributed by atoms with van der Waals surface area (Å²) in [6.07, 6.45) is 2.93. The topological polar surface area (TPSA) is 76.1 Å². The van der Waals surface area contributed by atoms with Crippen molar-refractivity contribution in [2.75, 3.05) is 17.7 Å². The van der Waals surface area contributed by atoms with Gasteiger partial charge in [0.05, 0.1) is 17.7 Å². The second-order valence-corrected chi connectivity index (χ2v) is 6.00. The van der Waals surface area contributed by atoms with Gasteiger partial charge >= 0.3 is 0 Å². The van der Waals surface area contributed by atoms with Crippen LogP contribution in [-0.2, 0) is 0 Å². The molecule has 0 aliphatic rings. The van der Waals surface area contributed by atoms with Crippen LogP contribution in [0.25, 0.3) is 0 Å². The molecule has 6 nitrogen and oxygen atoms in total. The van der Waals surface area contributed by atoms with Crippen molar-refractivity contribution in [3.05, 3.63) is 71.0 Å². The summed E-state index contributed by atoms with van der Waals surface area (Å²) >= 11 is 6.09.